The van der Waals surface area contributed by atoms with Crippen molar-refractivity contribution in [2.45, 2.75) is 23.1 Å². The number of carboxylic acids is 2. The maximum atomic E-state index is 13.8. The van der Waals surface area contributed by atoms with Gasteiger partial charge in [0.05, 0.1) is 16.0 Å². The maximum Gasteiger partial charge on any atom is 0.336 e. The molecule has 8 nitrogen and oxygen atoms in total. The summed E-state index contributed by atoms with van der Waals surface area (Å²) in [6.07, 6.45) is 2.16. The van der Waals surface area contributed by atoms with E-state index in [1.807, 2.05) is 60.7 Å². The second kappa shape index (κ2) is 12.6. The Kier molecular flexibility index (Phi) is 9.21. The molecule has 1 aliphatic rings. The number of nitrogens with one attached hydrogen (secondary N) is 2. The van der Waals surface area contributed by atoms with E-state index >= 15 is 0 Å². The summed E-state index contributed by atoms with van der Waals surface area (Å²) in [5, 5.41) is 26.1. The Morgan fingerprint density at radius 1 is 0.800 bits per heavy atom. The first-order valence-electron chi connectivity index (χ1n) is 12.5. The molecule has 0 aliphatic heterocycles. The van der Waals surface area contributed by atoms with Gasteiger partial charge in [0.2, 0.25) is 5.91 Å². The van der Waals surface area contributed by atoms with E-state index in [0.29, 0.717) is 12.8 Å². The lowest BCUT2D eigenvalue weighted by Crippen LogP contribution is -2.58. The number of hydrogen-bond donors (Lipinski definition) is 4. The molecule has 4 N–H and O–H groups in total. The van der Waals surface area contributed by atoms with Crippen LogP contribution in [-0.4, -0.2) is 51.9 Å². The van der Waals surface area contributed by atoms with Crippen LogP contribution in [0.4, 0.5) is 0 Å². The summed E-state index contributed by atoms with van der Waals surface area (Å²) in [5.41, 5.74) is -0.919. The van der Waals surface area contributed by atoms with Crippen molar-refractivity contribution in [3.05, 3.63) is 111 Å². The highest BCUT2D eigenvalue weighted by Gasteiger charge is 2.58. The summed E-state index contributed by atoms with van der Waals surface area (Å²) >= 11 is 6.65. The average molecular weight is 670 g/mol. The van der Waals surface area contributed by atoms with Crippen molar-refractivity contribution in [3.8, 4) is 0 Å². The highest BCUT2D eigenvalue weighted by molar-refractivity contribution is 9.10. The van der Waals surface area contributed by atoms with E-state index in [-0.39, 0.29) is 39.8 Å². The minimum absolute atomic E-state index is 0.0137. The van der Waals surface area contributed by atoms with Gasteiger partial charge in [-0.2, -0.15) is 0 Å². The first-order valence-corrected chi connectivity index (χ1v) is 14.2. The Labute approximate surface area is 247 Å². The zero-order valence-corrected chi connectivity index (χ0v) is 24.4. The van der Waals surface area contributed by atoms with Crippen LogP contribution in [0.2, 0.25) is 0 Å². The molecule has 2 amide bonds. The number of amides is 2. The van der Waals surface area contributed by atoms with Crippen LogP contribution in [0.25, 0.3) is 5.57 Å². The SMILES string of the molecule is O=C(O)C1=CC(Br)C(C(=O)O)(C(=O)NCCc2ccccc2)c2c1ccc(Br)c2C(=O)NCCc1ccccc1. The van der Waals surface area contributed by atoms with Crippen LogP contribution >= 0.6 is 31.9 Å². The van der Waals surface area contributed by atoms with E-state index in [0.717, 1.165) is 11.1 Å². The molecule has 0 bridgehead atoms. The lowest BCUT2D eigenvalue weighted by molar-refractivity contribution is -0.149. The fourth-order valence-electron chi connectivity index (χ4n) is 4.84. The number of carbonyl (C=O) groups excluding carboxylic acids is 2. The van der Waals surface area contributed by atoms with E-state index < -0.39 is 34.0 Å². The molecule has 0 saturated heterocycles. The molecular formula is C30H26Br2N2O6. The van der Waals surface area contributed by atoms with E-state index in [2.05, 4.69) is 42.5 Å². The number of allylic oxidation sites excluding steroid dienone is 1. The number of carbonyl (C=O) groups is 4. The van der Waals surface area contributed by atoms with Gasteiger partial charge in [-0.1, -0.05) is 88.7 Å². The predicted molar refractivity (Wildman–Crippen MR) is 157 cm³/mol. The number of rotatable bonds is 10. The lowest BCUT2D eigenvalue weighted by Gasteiger charge is -2.38. The molecule has 40 heavy (non-hydrogen) atoms. The summed E-state index contributed by atoms with van der Waals surface area (Å²) < 4.78 is 0.234. The molecule has 0 fully saturated rings. The Morgan fingerprint density at radius 2 is 1.35 bits per heavy atom. The Balaban J connectivity index is 1.75. The van der Waals surface area contributed by atoms with Crippen molar-refractivity contribution in [1.82, 2.24) is 10.6 Å². The van der Waals surface area contributed by atoms with Gasteiger partial charge >= 0.3 is 11.9 Å². The van der Waals surface area contributed by atoms with E-state index in [1.165, 1.54) is 18.2 Å². The van der Waals surface area contributed by atoms with E-state index in [1.54, 1.807) is 0 Å². The van der Waals surface area contributed by atoms with Crippen LogP contribution in [0, 0.1) is 0 Å². The number of hydrogen-bond acceptors (Lipinski definition) is 4. The van der Waals surface area contributed by atoms with Crippen LogP contribution in [0.5, 0.6) is 0 Å². The van der Waals surface area contributed by atoms with Gasteiger partial charge in [0, 0.05) is 23.1 Å². The van der Waals surface area contributed by atoms with Gasteiger partial charge in [0.25, 0.3) is 5.91 Å². The van der Waals surface area contributed by atoms with Gasteiger partial charge in [0.15, 0.2) is 5.41 Å². The minimum Gasteiger partial charge on any atom is -0.480 e. The summed E-state index contributed by atoms with van der Waals surface area (Å²) in [6.45, 7) is 0.372. The molecule has 0 spiro atoms. The number of alkyl halides is 1. The van der Waals surface area contributed by atoms with Gasteiger partial charge in [-0.15, -0.1) is 0 Å². The quantitative estimate of drug-likeness (QED) is 0.188. The smallest absolute Gasteiger partial charge is 0.336 e. The van der Waals surface area contributed by atoms with Crippen LogP contribution in [0.15, 0.2) is 83.3 Å². The zero-order chi connectivity index (χ0) is 28.9. The number of fused-ring (bicyclic) bond motifs is 1. The van der Waals surface area contributed by atoms with Crippen LogP contribution in [0.3, 0.4) is 0 Å². The fraction of sp³-hybridized carbons (Fsp3) is 0.200. The van der Waals surface area contributed by atoms with Crippen LogP contribution in [-0.2, 0) is 32.6 Å². The average Bonchev–Trinajstić information content (AvgIpc) is 2.93. The zero-order valence-electron chi connectivity index (χ0n) is 21.2. The van der Waals surface area contributed by atoms with Crippen molar-refractivity contribution in [3.63, 3.8) is 0 Å². The lowest BCUT2D eigenvalue weighted by atomic mass is 9.67. The van der Waals surface area contributed by atoms with Crippen molar-refractivity contribution in [2.24, 2.45) is 0 Å². The molecule has 0 saturated carbocycles. The fourth-order valence-corrected chi connectivity index (χ4v) is 6.24. The Morgan fingerprint density at radius 3 is 1.88 bits per heavy atom. The second-order valence-corrected chi connectivity index (χ2v) is 11.1. The molecule has 3 aromatic carbocycles. The summed E-state index contributed by atoms with van der Waals surface area (Å²) in [6, 6.07) is 21.7. The molecule has 2 unspecified atom stereocenters. The maximum absolute atomic E-state index is 13.8. The van der Waals surface area contributed by atoms with Gasteiger partial charge < -0.3 is 20.8 Å². The molecule has 10 heteroatoms. The second-order valence-electron chi connectivity index (χ2n) is 9.23. The molecule has 0 radical (unpaired) electrons. The highest BCUT2D eigenvalue weighted by atomic mass is 79.9. The van der Waals surface area contributed by atoms with Crippen LogP contribution in [0.1, 0.15) is 32.6 Å². The molecule has 4 rings (SSSR count). The standard InChI is InChI=1S/C30H26Br2N2O6/c31-22-12-11-20-21(27(36)37)17-23(32)30(29(39)40,28(38)34-16-14-19-9-5-2-6-10-19)25(20)24(22)26(35)33-15-13-18-7-3-1-4-8-18/h1-12,17,23H,13-16H2,(H,33,35)(H,34,38)(H,36,37)(H,39,40). The number of benzene rings is 3. The first-order chi connectivity index (χ1) is 19.2. The topological polar surface area (TPSA) is 133 Å². The van der Waals surface area contributed by atoms with Gasteiger partial charge in [-0.25, -0.2) is 4.79 Å². The third kappa shape index (κ3) is 5.73. The summed E-state index contributed by atoms with van der Waals surface area (Å²) in [7, 11) is 0. The highest BCUT2D eigenvalue weighted by Crippen LogP contribution is 2.47. The van der Waals surface area contributed by atoms with Crippen molar-refractivity contribution < 1.29 is 29.4 Å². The Bertz CT molecular complexity index is 1480. The molecule has 0 heterocycles. The number of halogens is 2. The number of aliphatic carboxylic acids is 2. The molecule has 2 atom stereocenters. The third-order valence-electron chi connectivity index (χ3n) is 6.80. The molecule has 0 aromatic heterocycles. The predicted octanol–water partition coefficient (Wildman–Crippen LogP) is 4.35. The first kappa shape index (κ1) is 29.2. The monoisotopic (exact) mass is 668 g/mol. The van der Waals surface area contributed by atoms with Gasteiger partial charge in [0.1, 0.15) is 0 Å². The van der Waals surface area contributed by atoms with Gasteiger partial charge in [-0.05, 0) is 51.5 Å². The van der Waals surface area contributed by atoms with E-state index in [9.17, 15) is 29.4 Å². The largest absolute Gasteiger partial charge is 0.480 e. The van der Waals surface area contributed by atoms with Gasteiger partial charge in [-0.3, -0.25) is 14.4 Å². The summed E-state index contributed by atoms with van der Waals surface area (Å²) in [5.74, 6) is -4.33. The van der Waals surface area contributed by atoms with Crippen molar-refractivity contribution in [2.75, 3.05) is 13.1 Å². The molecular weight excluding hydrogens is 644 g/mol. The van der Waals surface area contributed by atoms with Crippen molar-refractivity contribution >= 4 is 61.2 Å². The third-order valence-corrected chi connectivity index (χ3v) is 8.41. The minimum atomic E-state index is -2.33. The van der Waals surface area contributed by atoms with E-state index in [4.69, 9.17) is 0 Å². The summed E-state index contributed by atoms with van der Waals surface area (Å²) in [4.78, 5) is 51.4. The Hall–Kier alpha value is -3.76. The number of carboxylic acid groups (broad SMARTS) is 2. The normalized spacial score (nSPS) is 17.8. The van der Waals surface area contributed by atoms with Crippen LogP contribution < -0.4 is 10.6 Å². The molecule has 206 valence electrons. The van der Waals surface area contributed by atoms with Crippen molar-refractivity contribution in [1.29, 1.82) is 0 Å². The molecule has 1 aliphatic carbocycles. The molecule has 3 aromatic rings.